The molecule has 0 aromatic heterocycles. The van der Waals surface area contributed by atoms with Crippen LogP contribution in [0.5, 0.6) is 0 Å². The number of aromatic carboxylic acids is 1. The van der Waals surface area contributed by atoms with Crippen molar-refractivity contribution in [1.82, 2.24) is 5.32 Å². The van der Waals surface area contributed by atoms with E-state index >= 15 is 0 Å². The van der Waals surface area contributed by atoms with Gasteiger partial charge >= 0.3 is 12.0 Å². The Bertz CT molecular complexity index is 526. The van der Waals surface area contributed by atoms with Crippen molar-refractivity contribution in [3.05, 3.63) is 28.8 Å². The lowest BCUT2D eigenvalue weighted by Gasteiger charge is -2.17. The summed E-state index contributed by atoms with van der Waals surface area (Å²) >= 11 is 0. The summed E-state index contributed by atoms with van der Waals surface area (Å²) in [5.74, 6) is -0.989. The minimum absolute atomic E-state index is 0.139. The van der Waals surface area contributed by atoms with Crippen LogP contribution in [0.25, 0.3) is 0 Å². The highest BCUT2D eigenvalue weighted by molar-refractivity contribution is 5.94. The van der Waals surface area contributed by atoms with Crippen molar-refractivity contribution in [2.75, 3.05) is 5.32 Å². The molecule has 1 aromatic carbocycles. The van der Waals surface area contributed by atoms with Crippen LogP contribution < -0.4 is 10.6 Å². The predicted molar refractivity (Wildman–Crippen MR) is 84.0 cm³/mol. The Morgan fingerprint density at radius 2 is 1.90 bits per heavy atom. The first-order valence-corrected chi connectivity index (χ1v) is 7.31. The first-order valence-electron chi connectivity index (χ1n) is 7.31. The highest BCUT2D eigenvalue weighted by Crippen LogP contribution is 2.20. The fourth-order valence-electron chi connectivity index (χ4n) is 2.23. The number of carbonyl (C=O) groups excluding carboxylic acids is 1. The van der Waals surface area contributed by atoms with E-state index in [9.17, 15) is 14.7 Å². The monoisotopic (exact) mass is 292 g/mol. The van der Waals surface area contributed by atoms with Crippen molar-refractivity contribution in [3.63, 3.8) is 0 Å². The molecular formula is C16H24N2O3. The van der Waals surface area contributed by atoms with E-state index in [2.05, 4.69) is 17.6 Å². The van der Waals surface area contributed by atoms with Gasteiger partial charge in [-0.1, -0.05) is 20.3 Å². The molecule has 0 saturated carbocycles. The molecule has 0 fully saturated rings. The van der Waals surface area contributed by atoms with E-state index in [-0.39, 0.29) is 17.6 Å². The predicted octanol–water partition coefficient (Wildman–Crippen LogP) is 3.70. The van der Waals surface area contributed by atoms with E-state index in [0.29, 0.717) is 11.3 Å². The van der Waals surface area contributed by atoms with Crippen molar-refractivity contribution in [1.29, 1.82) is 0 Å². The van der Waals surface area contributed by atoms with Crippen molar-refractivity contribution >= 4 is 17.7 Å². The van der Waals surface area contributed by atoms with Gasteiger partial charge in [0.25, 0.3) is 0 Å². The maximum Gasteiger partial charge on any atom is 0.336 e. The minimum Gasteiger partial charge on any atom is -0.478 e. The van der Waals surface area contributed by atoms with Crippen molar-refractivity contribution < 1.29 is 14.7 Å². The van der Waals surface area contributed by atoms with Gasteiger partial charge in [0.2, 0.25) is 0 Å². The molecule has 0 aliphatic heterocycles. The normalized spacial score (nSPS) is 11.8. The van der Waals surface area contributed by atoms with Crippen LogP contribution in [-0.2, 0) is 0 Å². The zero-order valence-corrected chi connectivity index (χ0v) is 13.1. The second-order valence-corrected chi connectivity index (χ2v) is 5.26. The largest absolute Gasteiger partial charge is 0.478 e. The van der Waals surface area contributed by atoms with Crippen LogP contribution in [-0.4, -0.2) is 23.1 Å². The summed E-state index contributed by atoms with van der Waals surface area (Å²) in [6.07, 6.45) is 2.80. The van der Waals surface area contributed by atoms with Crippen LogP contribution in [0.2, 0.25) is 0 Å². The molecular weight excluding hydrogens is 268 g/mol. The van der Waals surface area contributed by atoms with Crippen LogP contribution in [0.1, 0.15) is 54.6 Å². The van der Waals surface area contributed by atoms with Gasteiger partial charge in [0.05, 0.1) is 5.56 Å². The van der Waals surface area contributed by atoms with E-state index in [4.69, 9.17) is 0 Å². The summed E-state index contributed by atoms with van der Waals surface area (Å²) < 4.78 is 0. The first-order chi connectivity index (χ1) is 9.88. The third-order valence-electron chi connectivity index (χ3n) is 3.62. The standard InChI is InChI=1S/C16H24N2O3/c1-5-7-12(6-2)17-16(21)18-13-8-10(3)11(4)14(9-13)15(19)20/h8-9,12H,5-7H2,1-4H3,(H,19,20)(H2,17,18,21). The lowest BCUT2D eigenvalue weighted by Crippen LogP contribution is -2.37. The average molecular weight is 292 g/mol. The molecule has 2 amide bonds. The van der Waals surface area contributed by atoms with Gasteiger partial charge in [-0.3, -0.25) is 0 Å². The molecule has 0 aliphatic carbocycles. The Kier molecular flexibility index (Phi) is 6.21. The quantitative estimate of drug-likeness (QED) is 0.748. The minimum atomic E-state index is -0.989. The average Bonchev–Trinajstić information content (AvgIpc) is 2.41. The van der Waals surface area contributed by atoms with Gasteiger partial charge < -0.3 is 15.7 Å². The Balaban J connectivity index is 2.83. The van der Waals surface area contributed by atoms with Crippen molar-refractivity contribution in [2.24, 2.45) is 0 Å². The maximum absolute atomic E-state index is 12.0. The zero-order valence-electron chi connectivity index (χ0n) is 13.1. The third kappa shape index (κ3) is 4.77. The smallest absolute Gasteiger partial charge is 0.336 e. The zero-order chi connectivity index (χ0) is 16.0. The Labute approximate surface area is 125 Å². The number of carbonyl (C=O) groups is 2. The molecule has 3 N–H and O–H groups in total. The van der Waals surface area contributed by atoms with Gasteiger partial charge in [-0.15, -0.1) is 0 Å². The summed E-state index contributed by atoms with van der Waals surface area (Å²) in [5, 5.41) is 14.8. The molecule has 0 saturated heterocycles. The van der Waals surface area contributed by atoms with Gasteiger partial charge in [-0.25, -0.2) is 9.59 Å². The van der Waals surface area contributed by atoms with Gasteiger partial charge in [0, 0.05) is 11.7 Å². The molecule has 0 heterocycles. The molecule has 0 radical (unpaired) electrons. The van der Waals surface area contributed by atoms with Crippen molar-refractivity contribution in [3.8, 4) is 0 Å². The van der Waals surface area contributed by atoms with Gasteiger partial charge in [-0.05, 0) is 49.9 Å². The van der Waals surface area contributed by atoms with Crippen LogP contribution in [0.15, 0.2) is 12.1 Å². The van der Waals surface area contributed by atoms with Crippen LogP contribution >= 0.6 is 0 Å². The van der Waals surface area contributed by atoms with Gasteiger partial charge in [0.1, 0.15) is 0 Å². The lowest BCUT2D eigenvalue weighted by atomic mass is 10.0. The fourth-order valence-corrected chi connectivity index (χ4v) is 2.23. The molecule has 1 atom stereocenters. The number of amides is 2. The molecule has 116 valence electrons. The number of hydrogen-bond donors (Lipinski definition) is 3. The van der Waals surface area contributed by atoms with Gasteiger partial charge in [-0.2, -0.15) is 0 Å². The van der Waals surface area contributed by atoms with E-state index in [1.165, 1.54) is 6.07 Å². The molecule has 0 aliphatic rings. The fraction of sp³-hybridized carbons (Fsp3) is 0.500. The second-order valence-electron chi connectivity index (χ2n) is 5.26. The van der Waals surface area contributed by atoms with E-state index in [1.807, 2.05) is 13.8 Å². The molecule has 1 unspecified atom stereocenters. The number of carboxylic acid groups (broad SMARTS) is 1. The molecule has 1 rings (SSSR count). The number of anilines is 1. The summed E-state index contributed by atoms with van der Waals surface area (Å²) in [6, 6.07) is 3.11. The topological polar surface area (TPSA) is 78.4 Å². The van der Waals surface area contributed by atoms with Crippen LogP contribution in [0.3, 0.4) is 0 Å². The number of rotatable bonds is 6. The van der Waals surface area contributed by atoms with Crippen molar-refractivity contribution in [2.45, 2.75) is 53.0 Å². The molecule has 0 bridgehead atoms. The highest BCUT2D eigenvalue weighted by atomic mass is 16.4. The summed E-state index contributed by atoms with van der Waals surface area (Å²) in [7, 11) is 0. The van der Waals surface area contributed by atoms with Crippen LogP contribution in [0, 0.1) is 13.8 Å². The molecule has 5 heteroatoms. The van der Waals surface area contributed by atoms with E-state index < -0.39 is 5.97 Å². The molecule has 5 nitrogen and oxygen atoms in total. The highest BCUT2D eigenvalue weighted by Gasteiger charge is 2.13. The maximum atomic E-state index is 12.0. The number of nitrogens with one attached hydrogen (secondary N) is 2. The summed E-state index contributed by atoms with van der Waals surface area (Å²) in [6.45, 7) is 7.69. The second kappa shape index (κ2) is 7.67. The molecule has 0 spiro atoms. The van der Waals surface area contributed by atoms with Gasteiger partial charge in [0.15, 0.2) is 0 Å². The number of aryl methyl sites for hydroxylation is 1. The Morgan fingerprint density at radius 1 is 1.24 bits per heavy atom. The summed E-state index contributed by atoms with van der Waals surface area (Å²) in [5.41, 5.74) is 2.27. The Morgan fingerprint density at radius 3 is 2.43 bits per heavy atom. The third-order valence-corrected chi connectivity index (χ3v) is 3.62. The first kappa shape index (κ1) is 17.0. The number of urea groups is 1. The van der Waals surface area contributed by atoms with E-state index in [0.717, 1.165) is 24.8 Å². The lowest BCUT2D eigenvalue weighted by molar-refractivity contribution is 0.0696. The molecule has 21 heavy (non-hydrogen) atoms. The number of hydrogen-bond acceptors (Lipinski definition) is 2. The van der Waals surface area contributed by atoms with E-state index in [1.54, 1.807) is 13.0 Å². The van der Waals surface area contributed by atoms with Crippen LogP contribution in [0.4, 0.5) is 10.5 Å². The number of carboxylic acids is 1. The SMILES string of the molecule is CCCC(CC)NC(=O)Nc1cc(C)c(C)c(C(=O)O)c1. The summed E-state index contributed by atoms with van der Waals surface area (Å²) in [4.78, 5) is 23.2. The molecule has 1 aromatic rings. The Hall–Kier alpha value is -2.04. The number of benzene rings is 1.